The van der Waals surface area contributed by atoms with E-state index in [0.717, 1.165) is 42.9 Å². The second kappa shape index (κ2) is 8.36. The lowest BCUT2D eigenvalue weighted by molar-refractivity contribution is -0.111. The molecular weight excluding hydrogens is 312 g/mol. The molecule has 4 heteroatoms. The fourth-order valence-corrected chi connectivity index (χ4v) is 3.02. The van der Waals surface area contributed by atoms with Crippen molar-refractivity contribution < 1.29 is 9.90 Å². The monoisotopic (exact) mass is 334 g/mol. The lowest BCUT2D eigenvalue weighted by atomic mass is 9.97. The number of carbonyl (C=O) groups excluding carboxylic acids is 1. The molecular formula is C21H22N2O2. The van der Waals surface area contributed by atoms with Gasteiger partial charge in [-0.3, -0.25) is 4.79 Å². The molecule has 3 rings (SSSR count). The molecule has 0 atom stereocenters. The predicted molar refractivity (Wildman–Crippen MR) is 100 cm³/mol. The molecule has 0 bridgehead atoms. The maximum absolute atomic E-state index is 12.2. The number of aliphatic hydroxyl groups is 1. The van der Waals surface area contributed by atoms with Crippen molar-refractivity contribution in [3.8, 4) is 11.8 Å². The van der Waals surface area contributed by atoms with Crippen molar-refractivity contribution in [3.63, 3.8) is 0 Å². The summed E-state index contributed by atoms with van der Waals surface area (Å²) < 4.78 is 0. The number of nitrogens with one attached hydrogen (secondary N) is 1. The van der Waals surface area contributed by atoms with Gasteiger partial charge in [0, 0.05) is 31.2 Å². The zero-order valence-corrected chi connectivity index (χ0v) is 14.1. The summed E-state index contributed by atoms with van der Waals surface area (Å²) in [6, 6.07) is 17.2. The van der Waals surface area contributed by atoms with E-state index in [0.29, 0.717) is 5.92 Å². The standard InChI is InChI=1S/C21H22N2O2/c24-16-18-12-14-23(15-13-18)20-9-5-4-8-19(20)22-21(25)11-10-17-6-2-1-3-7-17/h1-9,18,24H,12-16H2,(H,22,25). The largest absolute Gasteiger partial charge is 0.396 e. The Balaban J connectivity index is 1.69. The normalized spacial score (nSPS) is 14.5. The van der Waals surface area contributed by atoms with Gasteiger partial charge in [-0.15, -0.1) is 0 Å². The summed E-state index contributed by atoms with van der Waals surface area (Å²) >= 11 is 0. The average molecular weight is 334 g/mol. The van der Waals surface area contributed by atoms with Crippen molar-refractivity contribution in [3.05, 3.63) is 60.2 Å². The van der Waals surface area contributed by atoms with Crippen LogP contribution in [-0.2, 0) is 4.79 Å². The van der Waals surface area contributed by atoms with Crippen LogP contribution in [0, 0.1) is 17.8 Å². The number of amides is 1. The van der Waals surface area contributed by atoms with Crippen molar-refractivity contribution in [2.45, 2.75) is 12.8 Å². The van der Waals surface area contributed by atoms with Crippen LogP contribution in [0.3, 0.4) is 0 Å². The number of anilines is 2. The van der Waals surface area contributed by atoms with Crippen molar-refractivity contribution in [1.82, 2.24) is 0 Å². The zero-order chi connectivity index (χ0) is 17.5. The Morgan fingerprint density at radius 3 is 2.48 bits per heavy atom. The van der Waals surface area contributed by atoms with Crippen LogP contribution in [0.2, 0.25) is 0 Å². The van der Waals surface area contributed by atoms with Crippen molar-refractivity contribution in [2.75, 3.05) is 29.9 Å². The molecule has 2 aromatic rings. The van der Waals surface area contributed by atoms with E-state index in [-0.39, 0.29) is 12.5 Å². The molecule has 1 aliphatic heterocycles. The Bertz CT molecular complexity index is 769. The molecule has 0 unspecified atom stereocenters. The first-order valence-corrected chi connectivity index (χ1v) is 8.59. The third-order valence-electron chi connectivity index (χ3n) is 4.46. The van der Waals surface area contributed by atoms with E-state index < -0.39 is 0 Å². The highest BCUT2D eigenvalue weighted by molar-refractivity contribution is 6.06. The Labute approximate surface area is 148 Å². The molecule has 2 aromatic carbocycles. The number of rotatable bonds is 3. The summed E-state index contributed by atoms with van der Waals surface area (Å²) in [7, 11) is 0. The van der Waals surface area contributed by atoms with Crippen LogP contribution in [0.4, 0.5) is 11.4 Å². The van der Waals surface area contributed by atoms with E-state index >= 15 is 0 Å². The highest BCUT2D eigenvalue weighted by atomic mass is 16.3. The maximum Gasteiger partial charge on any atom is 0.300 e. The number of piperidine rings is 1. The molecule has 0 aromatic heterocycles. The number of hydrogen-bond donors (Lipinski definition) is 2. The molecule has 1 heterocycles. The van der Waals surface area contributed by atoms with Crippen LogP contribution in [-0.4, -0.2) is 30.7 Å². The topological polar surface area (TPSA) is 52.6 Å². The Morgan fingerprint density at radius 2 is 1.76 bits per heavy atom. The lowest BCUT2D eigenvalue weighted by Crippen LogP contribution is -2.35. The van der Waals surface area contributed by atoms with Gasteiger partial charge in [-0.1, -0.05) is 36.3 Å². The fraction of sp³-hybridized carbons (Fsp3) is 0.286. The van der Waals surface area contributed by atoms with E-state index in [1.165, 1.54) is 0 Å². The molecule has 1 saturated heterocycles. The van der Waals surface area contributed by atoms with Gasteiger partial charge in [0.05, 0.1) is 11.4 Å². The van der Waals surface area contributed by atoms with Crippen molar-refractivity contribution in [1.29, 1.82) is 0 Å². The molecule has 1 amide bonds. The lowest BCUT2D eigenvalue weighted by Gasteiger charge is -2.34. The van der Waals surface area contributed by atoms with E-state index in [2.05, 4.69) is 22.1 Å². The van der Waals surface area contributed by atoms with Gasteiger partial charge < -0.3 is 15.3 Å². The first-order valence-electron chi connectivity index (χ1n) is 8.59. The summed E-state index contributed by atoms with van der Waals surface area (Å²) in [5.74, 6) is 5.58. The average Bonchev–Trinajstić information content (AvgIpc) is 2.68. The second-order valence-corrected chi connectivity index (χ2v) is 6.20. The van der Waals surface area contributed by atoms with Crippen LogP contribution >= 0.6 is 0 Å². The number of nitrogens with zero attached hydrogens (tertiary/aromatic N) is 1. The molecule has 1 fully saturated rings. The molecule has 0 radical (unpaired) electrons. The first kappa shape index (κ1) is 17.1. The third-order valence-corrected chi connectivity index (χ3v) is 4.46. The summed E-state index contributed by atoms with van der Waals surface area (Å²) in [4.78, 5) is 14.4. The number of aliphatic hydroxyl groups excluding tert-OH is 1. The van der Waals surface area contributed by atoms with Gasteiger partial charge in [-0.25, -0.2) is 0 Å². The summed E-state index contributed by atoms with van der Waals surface area (Å²) in [6.45, 7) is 2.02. The molecule has 0 spiro atoms. The van der Waals surface area contributed by atoms with E-state index in [1.807, 2.05) is 54.6 Å². The quantitative estimate of drug-likeness (QED) is 0.849. The Kier molecular flexibility index (Phi) is 5.71. The predicted octanol–water partition coefficient (Wildman–Crippen LogP) is 2.89. The van der Waals surface area contributed by atoms with Gasteiger partial charge in [-0.05, 0) is 43.0 Å². The smallest absolute Gasteiger partial charge is 0.300 e. The zero-order valence-electron chi connectivity index (χ0n) is 14.1. The third kappa shape index (κ3) is 4.62. The fourth-order valence-electron chi connectivity index (χ4n) is 3.02. The molecule has 0 saturated carbocycles. The summed E-state index contributed by atoms with van der Waals surface area (Å²) in [6.07, 6.45) is 1.93. The van der Waals surface area contributed by atoms with Crippen LogP contribution in [0.25, 0.3) is 0 Å². The molecule has 25 heavy (non-hydrogen) atoms. The van der Waals surface area contributed by atoms with Crippen LogP contribution in [0.15, 0.2) is 54.6 Å². The summed E-state index contributed by atoms with van der Waals surface area (Å²) in [5.41, 5.74) is 2.60. The minimum Gasteiger partial charge on any atom is -0.396 e. The van der Waals surface area contributed by atoms with Crippen molar-refractivity contribution in [2.24, 2.45) is 5.92 Å². The van der Waals surface area contributed by atoms with Crippen LogP contribution < -0.4 is 10.2 Å². The first-order chi connectivity index (χ1) is 12.3. The molecule has 4 nitrogen and oxygen atoms in total. The molecule has 2 N–H and O–H groups in total. The number of para-hydroxylation sites is 2. The maximum atomic E-state index is 12.2. The number of hydrogen-bond acceptors (Lipinski definition) is 3. The van der Waals surface area contributed by atoms with E-state index in [4.69, 9.17) is 0 Å². The van der Waals surface area contributed by atoms with Crippen LogP contribution in [0.5, 0.6) is 0 Å². The Morgan fingerprint density at radius 1 is 1.08 bits per heavy atom. The molecule has 0 aliphatic carbocycles. The SMILES string of the molecule is O=C(C#Cc1ccccc1)Nc1ccccc1N1CCC(CO)CC1. The van der Waals surface area contributed by atoms with Gasteiger partial charge in [0.1, 0.15) is 0 Å². The minimum absolute atomic E-state index is 0.251. The van der Waals surface area contributed by atoms with Gasteiger partial charge in [-0.2, -0.15) is 0 Å². The highest BCUT2D eigenvalue weighted by Crippen LogP contribution is 2.29. The van der Waals surface area contributed by atoms with E-state index in [9.17, 15) is 9.90 Å². The van der Waals surface area contributed by atoms with Gasteiger partial charge in [0.15, 0.2) is 0 Å². The summed E-state index contributed by atoms with van der Waals surface area (Å²) in [5, 5.41) is 12.2. The Hall–Kier alpha value is -2.77. The minimum atomic E-state index is -0.318. The van der Waals surface area contributed by atoms with Crippen molar-refractivity contribution >= 4 is 17.3 Å². The van der Waals surface area contributed by atoms with E-state index in [1.54, 1.807) is 0 Å². The van der Waals surface area contributed by atoms with Crippen LogP contribution in [0.1, 0.15) is 18.4 Å². The number of carbonyl (C=O) groups is 1. The van der Waals surface area contributed by atoms with Gasteiger partial charge in [0.25, 0.3) is 0 Å². The highest BCUT2D eigenvalue weighted by Gasteiger charge is 2.20. The van der Waals surface area contributed by atoms with Gasteiger partial charge in [0.2, 0.25) is 0 Å². The van der Waals surface area contributed by atoms with Gasteiger partial charge >= 0.3 is 5.91 Å². The molecule has 1 aliphatic rings. The second-order valence-electron chi connectivity index (χ2n) is 6.20. The number of benzene rings is 2. The molecule has 128 valence electrons.